The van der Waals surface area contributed by atoms with Crippen molar-refractivity contribution in [2.75, 3.05) is 18.4 Å². The number of carbonyl (C=O) groups is 1. The van der Waals surface area contributed by atoms with Gasteiger partial charge in [-0.1, -0.05) is 37.5 Å². The lowest BCUT2D eigenvalue weighted by molar-refractivity contribution is 0.108. The Labute approximate surface area is 115 Å². The number of benzene rings is 1. The van der Waals surface area contributed by atoms with Crippen molar-refractivity contribution in [2.45, 2.75) is 32.1 Å². The summed E-state index contributed by atoms with van der Waals surface area (Å²) in [6, 6.07) is 9.79. The number of fused-ring (bicyclic) bond motifs is 1. The largest absolute Gasteiger partial charge is 0.324 e. The molecule has 19 heavy (non-hydrogen) atoms. The highest BCUT2D eigenvalue weighted by Crippen LogP contribution is 2.36. The summed E-state index contributed by atoms with van der Waals surface area (Å²) in [5.74, 6) is 1.61. The first kappa shape index (κ1) is 12.5. The van der Waals surface area contributed by atoms with E-state index in [2.05, 4.69) is 5.32 Å². The zero-order valence-electron chi connectivity index (χ0n) is 11.3. The molecule has 1 heterocycles. The van der Waals surface area contributed by atoms with Gasteiger partial charge in [0.2, 0.25) is 0 Å². The van der Waals surface area contributed by atoms with Crippen molar-refractivity contribution in [1.82, 2.24) is 4.90 Å². The lowest BCUT2D eigenvalue weighted by Crippen LogP contribution is -2.46. The Balaban J connectivity index is 1.59. The Hall–Kier alpha value is -1.51. The van der Waals surface area contributed by atoms with Gasteiger partial charge in [-0.05, 0) is 36.8 Å². The number of para-hydroxylation sites is 1. The van der Waals surface area contributed by atoms with E-state index in [4.69, 9.17) is 0 Å². The van der Waals surface area contributed by atoms with E-state index in [-0.39, 0.29) is 6.03 Å². The summed E-state index contributed by atoms with van der Waals surface area (Å²) in [4.78, 5) is 14.3. The molecule has 0 unspecified atom stereocenters. The maximum Gasteiger partial charge on any atom is 0.321 e. The number of nitrogens with zero attached hydrogens (tertiary/aromatic N) is 1. The molecule has 1 saturated heterocycles. The molecule has 102 valence electrons. The minimum atomic E-state index is 0.0650. The first-order chi connectivity index (χ1) is 9.33. The van der Waals surface area contributed by atoms with Gasteiger partial charge in [0.05, 0.1) is 0 Å². The Bertz CT molecular complexity index is 432. The zero-order valence-corrected chi connectivity index (χ0v) is 11.3. The number of carbonyl (C=O) groups excluding carboxylic acids is 1. The van der Waals surface area contributed by atoms with Crippen LogP contribution in [0.15, 0.2) is 30.3 Å². The number of hydrogen-bond acceptors (Lipinski definition) is 1. The quantitative estimate of drug-likeness (QED) is 0.818. The predicted molar refractivity (Wildman–Crippen MR) is 77.1 cm³/mol. The summed E-state index contributed by atoms with van der Waals surface area (Å²) in [6.07, 6.45) is 6.60. The van der Waals surface area contributed by atoms with E-state index in [1.807, 2.05) is 35.2 Å². The fraction of sp³-hybridized carbons (Fsp3) is 0.562. The molecule has 3 nitrogen and oxygen atoms in total. The second-order valence-corrected chi connectivity index (χ2v) is 5.84. The van der Waals surface area contributed by atoms with Crippen LogP contribution in [0.5, 0.6) is 0 Å². The summed E-state index contributed by atoms with van der Waals surface area (Å²) < 4.78 is 0. The van der Waals surface area contributed by atoms with Crippen molar-refractivity contribution >= 4 is 11.7 Å². The number of rotatable bonds is 1. The van der Waals surface area contributed by atoms with Crippen LogP contribution in [0.1, 0.15) is 32.1 Å². The van der Waals surface area contributed by atoms with Crippen molar-refractivity contribution in [2.24, 2.45) is 11.8 Å². The fourth-order valence-electron chi connectivity index (χ4n) is 3.51. The van der Waals surface area contributed by atoms with E-state index in [0.29, 0.717) is 0 Å². The van der Waals surface area contributed by atoms with Crippen molar-refractivity contribution in [1.29, 1.82) is 0 Å². The van der Waals surface area contributed by atoms with E-state index < -0.39 is 0 Å². The topological polar surface area (TPSA) is 32.3 Å². The molecule has 0 bridgehead atoms. The number of urea groups is 1. The Morgan fingerprint density at radius 3 is 2.58 bits per heavy atom. The van der Waals surface area contributed by atoms with Crippen LogP contribution >= 0.6 is 0 Å². The molecule has 2 fully saturated rings. The predicted octanol–water partition coefficient (Wildman–Crippen LogP) is 3.73. The van der Waals surface area contributed by atoms with Crippen molar-refractivity contribution in [3.05, 3.63) is 30.3 Å². The van der Waals surface area contributed by atoms with Crippen LogP contribution in [0.2, 0.25) is 0 Å². The number of amides is 2. The van der Waals surface area contributed by atoms with Crippen LogP contribution in [0, 0.1) is 11.8 Å². The maximum absolute atomic E-state index is 12.3. The number of hydrogen-bond donors (Lipinski definition) is 1. The van der Waals surface area contributed by atoms with E-state index in [1.54, 1.807) is 0 Å². The molecule has 2 atom stereocenters. The molecule has 1 saturated carbocycles. The summed E-state index contributed by atoms with van der Waals surface area (Å²) in [5.41, 5.74) is 0.887. The number of anilines is 1. The van der Waals surface area contributed by atoms with Crippen LogP contribution in [0.3, 0.4) is 0 Å². The second kappa shape index (κ2) is 5.64. The highest BCUT2D eigenvalue weighted by atomic mass is 16.2. The summed E-state index contributed by atoms with van der Waals surface area (Å²) in [6.45, 7) is 1.86. The molecule has 2 aliphatic rings. The Kier molecular flexibility index (Phi) is 3.72. The van der Waals surface area contributed by atoms with Gasteiger partial charge < -0.3 is 10.2 Å². The van der Waals surface area contributed by atoms with E-state index in [9.17, 15) is 4.79 Å². The lowest BCUT2D eigenvalue weighted by Gasteiger charge is -2.41. The summed E-state index contributed by atoms with van der Waals surface area (Å²) in [5, 5.41) is 2.99. The van der Waals surface area contributed by atoms with Crippen LogP contribution < -0.4 is 5.32 Å². The summed E-state index contributed by atoms with van der Waals surface area (Å²) in [7, 11) is 0. The minimum Gasteiger partial charge on any atom is -0.324 e. The van der Waals surface area contributed by atoms with Crippen LogP contribution in [0.4, 0.5) is 10.5 Å². The molecule has 0 spiro atoms. The van der Waals surface area contributed by atoms with Crippen molar-refractivity contribution < 1.29 is 4.79 Å². The molecule has 1 N–H and O–H groups in total. The van der Waals surface area contributed by atoms with Gasteiger partial charge in [0.15, 0.2) is 0 Å². The highest BCUT2D eigenvalue weighted by molar-refractivity contribution is 5.89. The minimum absolute atomic E-state index is 0.0650. The van der Waals surface area contributed by atoms with Gasteiger partial charge in [-0.25, -0.2) is 4.79 Å². The van der Waals surface area contributed by atoms with E-state index >= 15 is 0 Å². The van der Waals surface area contributed by atoms with Gasteiger partial charge in [-0.3, -0.25) is 0 Å². The molecule has 1 aliphatic heterocycles. The first-order valence-corrected chi connectivity index (χ1v) is 7.44. The third-order valence-corrected chi connectivity index (χ3v) is 4.60. The molecular weight excluding hydrogens is 236 g/mol. The Morgan fingerprint density at radius 1 is 1.05 bits per heavy atom. The molecule has 0 aromatic heterocycles. The lowest BCUT2D eigenvalue weighted by atomic mass is 9.75. The van der Waals surface area contributed by atoms with Gasteiger partial charge in [0, 0.05) is 18.8 Å². The van der Waals surface area contributed by atoms with E-state index in [1.165, 1.54) is 32.1 Å². The van der Waals surface area contributed by atoms with Gasteiger partial charge in [0.1, 0.15) is 0 Å². The molecule has 3 heteroatoms. The molecule has 0 radical (unpaired) electrons. The SMILES string of the molecule is O=C(Nc1ccccc1)N1CC[C@H]2CCCC[C@H]2C1. The first-order valence-electron chi connectivity index (χ1n) is 7.44. The molecular formula is C16H22N2O. The monoisotopic (exact) mass is 258 g/mol. The standard InChI is InChI=1S/C16H22N2O/c19-16(17-15-8-2-1-3-9-15)18-11-10-13-6-4-5-7-14(13)12-18/h1-3,8-9,13-14H,4-7,10-12H2,(H,17,19)/t13-,14+/m1/s1. The average molecular weight is 258 g/mol. The maximum atomic E-state index is 12.3. The zero-order chi connectivity index (χ0) is 13.1. The number of piperidine rings is 1. The second-order valence-electron chi connectivity index (χ2n) is 5.84. The number of likely N-dealkylation sites (tertiary alicyclic amines) is 1. The molecule has 2 amide bonds. The Morgan fingerprint density at radius 2 is 1.79 bits per heavy atom. The normalized spacial score (nSPS) is 26.6. The van der Waals surface area contributed by atoms with Crippen LogP contribution in [-0.4, -0.2) is 24.0 Å². The smallest absolute Gasteiger partial charge is 0.321 e. The number of nitrogens with one attached hydrogen (secondary N) is 1. The van der Waals surface area contributed by atoms with Gasteiger partial charge >= 0.3 is 6.03 Å². The summed E-state index contributed by atoms with van der Waals surface area (Å²) >= 11 is 0. The van der Waals surface area contributed by atoms with Gasteiger partial charge in [0.25, 0.3) is 0 Å². The molecule has 1 aromatic carbocycles. The van der Waals surface area contributed by atoms with Crippen molar-refractivity contribution in [3.63, 3.8) is 0 Å². The molecule has 1 aromatic rings. The third-order valence-electron chi connectivity index (χ3n) is 4.60. The van der Waals surface area contributed by atoms with Gasteiger partial charge in [-0.15, -0.1) is 0 Å². The van der Waals surface area contributed by atoms with E-state index in [0.717, 1.165) is 30.6 Å². The van der Waals surface area contributed by atoms with Gasteiger partial charge in [-0.2, -0.15) is 0 Å². The van der Waals surface area contributed by atoms with Crippen LogP contribution in [-0.2, 0) is 0 Å². The highest BCUT2D eigenvalue weighted by Gasteiger charge is 2.32. The molecule has 3 rings (SSSR count). The van der Waals surface area contributed by atoms with Crippen molar-refractivity contribution in [3.8, 4) is 0 Å². The molecule has 1 aliphatic carbocycles. The average Bonchev–Trinajstić information content (AvgIpc) is 2.48. The third kappa shape index (κ3) is 2.91. The van der Waals surface area contributed by atoms with Crippen LogP contribution in [0.25, 0.3) is 0 Å². The fourth-order valence-corrected chi connectivity index (χ4v) is 3.51.